The molecular formula is C8H8BF3N. The first-order valence-electron chi connectivity index (χ1n) is 3.77. The summed E-state index contributed by atoms with van der Waals surface area (Å²) in [6.07, 6.45) is 0. The smallest absolute Gasteiger partial charge is 0.193 e. The third-order valence-corrected chi connectivity index (χ3v) is 1.79. The summed E-state index contributed by atoms with van der Waals surface area (Å²) in [5.74, 6) is -3.84. The minimum absolute atomic E-state index is 0.0200. The lowest BCUT2D eigenvalue weighted by Gasteiger charge is -2.07. The van der Waals surface area contributed by atoms with Crippen molar-refractivity contribution in [2.24, 2.45) is 5.73 Å². The Balaban J connectivity index is 3.39. The van der Waals surface area contributed by atoms with Crippen molar-refractivity contribution in [3.8, 4) is 0 Å². The van der Waals surface area contributed by atoms with Gasteiger partial charge in [-0.3, -0.25) is 0 Å². The molecule has 0 saturated heterocycles. The first kappa shape index (κ1) is 10.1. The van der Waals surface area contributed by atoms with Crippen LogP contribution in [0.3, 0.4) is 0 Å². The molecule has 0 heterocycles. The van der Waals surface area contributed by atoms with Crippen LogP contribution >= 0.6 is 0 Å². The number of benzene rings is 1. The molecule has 0 atom stereocenters. The van der Waals surface area contributed by atoms with Crippen molar-refractivity contribution in [2.45, 2.75) is 13.4 Å². The topological polar surface area (TPSA) is 26.0 Å². The maximum absolute atomic E-state index is 13.0. The zero-order valence-corrected chi connectivity index (χ0v) is 7.07. The molecular weight excluding hydrogens is 178 g/mol. The Morgan fingerprint density at radius 3 is 2.38 bits per heavy atom. The van der Waals surface area contributed by atoms with E-state index in [4.69, 9.17) is 5.73 Å². The van der Waals surface area contributed by atoms with E-state index < -0.39 is 17.5 Å². The van der Waals surface area contributed by atoms with Crippen LogP contribution in [0.5, 0.6) is 0 Å². The van der Waals surface area contributed by atoms with Crippen molar-refractivity contribution in [2.75, 3.05) is 0 Å². The van der Waals surface area contributed by atoms with Gasteiger partial charge in [-0.2, -0.15) is 0 Å². The van der Waals surface area contributed by atoms with E-state index in [1.165, 1.54) is 14.1 Å². The van der Waals surface area contributed by atoms with Gasteiger partial charge in [0.25, 0.3) is 0 Å². The summed E-state index contributed by atoms with van der Waals surface area (Å²) < 4.78 is 38.4. The van der Waals surface area contributed by atoms with E-state index in [1.54, 1.807) is 0 Å². The van der Waals surface area contributed by atoms with Crippen LogP contribution < -0.4 is 11.2 Å². The summed E-state index contributed by atoms with van der Waals surface area (Å²) in [6, 6.07) is 0.910. The van der Waals surface area contributed by atoms with Gasteiger partial charge >= 0.3 is 0 Å². The molecule has 2 N–H and O–H groups in total. The Hall–Kier alpha value is -0.965. The molecule has 1 radical (unpaired) electrons. The van der Waals surface area contributed by atoms with Gasteiger partial charge < -0.3 is 5.73 Å². The van der Waals surface area contributed by atoms with Crippen LogP contribution in [0.1, 0.15) is 5.56 Å². The Bertz CT molecular complexity index is 328. The van der Waals surface area contributed by atoms with Gasteiger partial charge in [0, 0.05) is 6.54 Å². The van der Waals surface area contributed by atoms with Crippen LogP contribution in [0.25, 0.3) is 0 Å². The first-order valence-corrected chi connectivity index (χ1v) is 3.77. The fraction of sp³-hybridized carbons (Fsp3) is 0.250. The molecule has 1 aromatic carbocycles. The monoisotopic (exact) mass is 186 g/mol. The molecule has 0 aliphatic rings. The first-order chi connectivity index (χ1) is 6.11. The van der Waals surface area contributed by atoms with E-state index in [0.717, 1.165) is 6.07 Å². The van der Waals surface area contributed by atoms with Crippen molar-refractivity contribution in [3.63, 3.8) is 0 Å². The summed E-state index contributed by atoms with van der Waals surface area (Å²) in [5, 5.41) is 0. The van der Waals surface area contributed by atoms with Crippen molar-refractivity contribution < 1.29 is 13.2 Å². The van der Waals surface area contributed by atoms with Crippen LogP contribution in [-0.4, -0.2) is 7.28 Å². The molecule has 0 fully saturated rings. The molecule has 1 nitrogen and oxygen atoms in total. The molecule has 0 saturated carbocycles. The predicted octanol–water partition coefficient (Wildman–Crippen LogP) is 0.940. The van der Waals surface area contributed by atoms with Crippen molar-refractivity contribution in [1.82, 2.24) is 0 Å². The van der Waals surface area contributed by atoms with Gasteiger partial charge in [0.15, 0.2) is 24.7 Å². The molecule has 1 rings (SSSR count). The van der Waals surface area contributed by atoms with E-state index in [2.05, 4.69) is 0 Å². The molecule has 13 heavy (non-hydrogen) atoms. The van der Waals surface area contributed by atoms with Gasteiger partial charge in [0.05, 0.1) is 0 Å². The molecule has 69 valence electrons. The molecule has 0 spiro atoms. The lowest BCUT2D eigenvalue weighted by Crippen LogP contribution is -2.25. The normalized spacial score (nSPS) is 10.2. The van der Waals surface area contributed by atoms with Crippen molar-refractivity contribution in [1.29, 1.82) is 0 Å². The van der Waals surface area contributed by atoms with Gasteiger partial charge in [0.1, 0.15) is 0 Å². The number of rotatable bonds is 2. The van der Waals surface area contributed by atoms with Crippen molar-refractivity contribution in [3.05, 3.63) is 29.1 Å². The average Bonchev–Trinajstić information content (AvgIpc) is 2.13. The lowest BCUT2D eigenvalue weighted by molar-refractivity contribution is 0.449. The van der Waals surface area contributed by atoms with Gasteiger partial charge in [-0.15, -0.1) is 0 Å². The minimum atomic E-state index is -1.45. The van der Waals surface area contributed by atoms with Crippen LogP contribution in [0.15, 0.2) is 6.07 Å². The van der Waals surface area contributed by atoms with Gasteiger partial charge in [-0.25, -0.2) is 13.2 Å². The van der Waals surface area contributed by atoms with Crippen LogP contribution in [-0.2, 0) is 6.54 Å². The second kappa shape index (κ2) is 3.83. The quantitative estimate of drug-likeness (QED) is 0.539. The highest BCUT2D eigenvalue weighted by Gasteiger charge is 2.16. The Kier molecular flexibility index (Phi) is 2.98. The molecule has 0 aliphatic heterocycles. The molecule has 0 amide bonds. The summed E-state index contributed by atoms with van der Waals surface area (Å²) in [6.45, 7) is 1.52. The lowest BCUT2D eigenvalue weighted by atomic mass is 9.70. The fourth-order valence-corrected chi connectivity index (χ4v) is 1.14. The molecule has 1 aromatic rings. The molecule has 0 aliphatic carbocycles. The Labute approximate surface area is 75.0 Å². The number of hydrogen-bond donors (Lipinski definition) is 1. The summed E-state index contributed by atoms with van der Waals surface area (Å²) in [4.78, 5) is 0. The molecule has 0 bridgehead atoms. The standard InChI is InChI=1S/C8H8BF3N/c1-9-6-4(3-13)2-5(10)7(11)8(6)12/h2H,3,13H2,1H3. The molecule has 0 unspecified atom stereocenters. The summed E-state index contributed by atoms with van der Waals surface area (Å²) >= 11 is 0. The van der Waals surface area contributed by atoms with E-state index in [9.17, 15) is 13.2 Å². The molecule has 0 aromatic heterocycles. The van der Waals surface area contributed by atoms with Crippen LogP contribution in [0, 0.1) is 17.5 Å². The second-order valence-corrected chi connectivity index (χ2v) is 2.55. The predicted molar refractivity (Wildman–Crippen MR) is 45.5 cm³/mol. The van der Waals surface area contributed by atoms with Crippen LogP contribution in [0.2, 0.25) is 6.82 Å². The third kappa shape index (κ3) is 1.70. The number of hydrogen-bond acceptors (Lipinski definition) is 1. The highest BCUT2D eigenvalue weighted by Crippen LogP contribution is 2.11. The zero-order valence-electron chi connectivity index (χ0n) is 7.07. The van der Waals surface area contributed by atoms with Gasteiger partial charge in [-0.1, -0.05) is 6.82 Å². The van der Waals surface area contributed by atoms with E-state index in [1.807, 2.05) is 0 Å². The molecule has 5 heteroatoms. The van der Waals surface area contributed by atoms with Crippen LogP contribution in [0.4, 0.5) is 13.2 Å². The SMILES string of the molecule is C[B]c1c(CN)cc(F)c(F)c1F. The maximum Gasteiger partial charge on any atom is 0.193 e. The highest BCUT2D eigenvalue weighted by molar-refractivity contribution is 6.52. The fourth-order valence-electron chi connectivity index (χ4n) is 1.14. The van der Waals surface area contributed by atoms with Crippen molar-refractivity contribution >= 4 is 12.7 Å². The van der Waals surface area contributed by atoms with Gasteiger partial charge in [0.2, 0.25) is 0 Å². The summed E-state index contributed by atoms with van der Waals surface area (Å²) in [5.41, 5.74) is 5.53. The number of nitrogens with two attached hydrogens (primary N) is 1. The zero-order chi connectivity index (χ0) is 10.0. The second-order valence-electron chi connectivity index (χ2n) is 2.55. The minimum Gasteiger partial charge on any atom is -0.327 e. The van der Waals surface area contributed by atoms with Gasteiger partial charge in [-0.05, 0) is 17.1 Å². The Morgan fingerprint density at radius 1 is 1.31 bits per heavy atom. The third-order valence-electron chi connectivity index (χ3n) is 1.79. The largest absolute Gasteiger partial charge is 0.327 e. The van der Waals surface area contributed by atoms with E-state index in [0.29, 0.717) is 0 Å². The average molecular weight is 186 g/mol. The summed E-state index contributed by atoms with van der Waals surface area (Å²) in [7, 11) is 1.36. The number of halogens is 3. The van der Waals surface area contributed by atoms with E-state index in [-0.39, 0.29) is 17.6 Å². The highest BCUT2D eigenvalue weighted by atomic mass is 19.2. The maximum atomic E-state index is 13.0. The Morgan fingerprint density at radius 2 is 1.92 bits per heavy atom. The van der Waals surface area contributed by atoms with E-state index >= 15 is 0 Å².